The minimum absolute atomic E-state index is 0.0249. The van der Waals surface area contributed by atoms with Crippen molar-refractivity contribution in [2.75, 3.05) is 19.6 Å². The molecule has 0 spiro atoms. The fourth-order valence-electron chi connectivity index (χ4n) is 3.79. The molecule has 27 heavy (non-hydrogen) atoms. The van der Waals surface area contributed by atoms with Gasteiger partial charge < -0.3 is 15.5 Å². The summed E-state index contributed by atoms with van der Waals surface area (Å²) < 4.78 is 1.86. The topological polar surface area (TPSA) is 79.3 Å². The Hall–Kier alpha value is -2.67. The van der Waals surface area contributed by atoms with Gasteiger partial charge in [0.25, 0.3) is 5.91 Å². The van der Waals surface area contributed by atoms with E-state index in [2.05, 4.69) is 15.7 Å². The van der Waals surface area contributed by atoms with Gasteiger partial charge >= 0.3 is 0 Å². The first kappa shape index (κ1) is 17.7. The predicted octanol–water partition coefficient (Wildman–Crippen LogP) is 1.34. The number of piperidine rings is 1. The molecule has 2 aliphatic heterocycles. The van der Waals surface area contributed by atoms with E-state index in [0.29, 0.717) is 25.2 Å². The fourth-order valence-corrected chi connectivity index (χ4v) is 3.79. The maximum atomic E-state index is 12.6. The standard InChI is InChI=1S/C20H25N5O2/c26-19(17-9-12-25(23-17)16-7-4-10-21-13-16)22-18-8-11-24(20(18)27)14-15-5-2-1-3-6-15/h1-3,5-6,9,12,16,18,21H,4,7-8,10-11,13-14H2,(H,22,26). The van der Waals surface area contributed by atoms with Crippen LogP contribution in [0, 0.1) is 0 Å². The maximum absolute atomic E-state index is 12.6. The van der Waals surface area contributed by atoms with Crippen LogP contribution in [0.4, 0.5) is 0 Å². The number of likely N-dealkylation sites (tertiary alicyclic amines) is 1. The number of rotatable bonds is 5. The third-order valence-corrected chi connectivity index (χ3v) is 5.31. The molecule has 7 heteroatoms. The number of nitrogens with one attached hydrogen (secondary N) is 2. The third-order valence-electron chi connectivity index (χ3n) is 5.31. The Labute approximate surface area is 158 Å². The van der Waals surface area contributed by atoms with Gasteiger partial charge in [0.2, 0.25) is 5.91 Å². The number of carbonyl (C=O) groups excluding carboxylic acids is 2. The van der Waals surface area contributed by atoms with Crippen LogP contribution in [0.2, 0.25) is 0 Å². The first-order valence-corrected chi connectivity index (χ1v) is 9.60. The zero-order valence-corrected chi connectivity index (χ0v) is 15.3. The molecule has 0 radical (unpaired) electrons. The summed E-state index contributed by atoms with van der Waals surface area (Å²) in [5.41, 5.74) is 1.47. The lowest BCUT2D eigenvalue weighted by molar-refractivity contribution is -0.129. The average molecular weight is 367 g/mol. The highest BCUT2D eigenvalue weighted by atomic mass is 16.2. The van der Waals surface area contributed by atoms with E-state index in [9.17, 15) is 9.59 Å². The van der Waals surface area contributed by atoms with Gasteiger partial charge in [-0.3, -0.25) is 14.3 Å². The van der Waals surface area contributed by atoms with E-state index in [1.165, 1.54) is 0 Å². The molecule has 4 rings (SSSR count). The van der Waals surface area contributed by atoms with E-state index in [0.717, 1.165) is 31.5 Å². The van der Waals surface area contributed by atoms with Crippen LogP contribution in [0.1, 0.15) is 41.4 Å². The SMILES string of the molecule is O=C(NC1CCN(Cc2ccccc2)C1=O)c1ccn(C2CCCNC2)n1. The quantitative estimate of drug-likeness (QED) is 0.836. The Kier molecular flexibility index (Phi) is 5.20. The maximum Gasteiger partial charge on any atom is 0.272 e. The Balaban J connectivity index is 1.34. The van der Waals surface area contributed by atoms with Crippen LogP contribution in [0.3, 0.4) is 0 Å². The molecule has 7 nitrogen and oxygen atoms in total. The minimum atomic E-state index is -0.470. The van der Waals surface area contributed by atoms with E-state index in [-0.39, 0.29) is 17.9 Å². The first-order chi connectivity index (χ1) is 13.2. The van der Waals surface area contributed by atoms with E-state index < -0.39 is 6.04 Å². The van der Waals surface area contributed by atoms with Crippen molar-refractivity contribution in [1.29, 1.82) is 0 Å². The van der Waals surface area contributed by atoms with Crippen LogP contribution < -0.4 is 10.6 Å². The Morgan fingerprint density at radius 1 is 1.22 bits per heavy atom. The number of hydrogen-bond acceptors (Lipinski definition) is 4. The van der Waals surface area contributed by atoms with Gasteiger partial charge in [0, 0.05) is 25.8 Å². The Bertz CT molecular complexity index is 798. The van der Waals surface area contributed by atoms with Gasteiger partial charge in [-0.15, -0.1) is 0 Å². The van der Waals surface area contributed by atoms with Crippen LogP contribution in [0.15, 0.2) is 42.6 Å². The number of hydrogen-bond donors (Lipinski definition) is 2. The van der Waals surface area contributed by atoms with Crippen molar-refractivity contribution in [3.05, 3.63) is 53.9 Å². The molecule has 142 valence electrons. The molecule has 2 saturated heterocycles. The molecule has 3 heterocycles. The van der Waals surface area contributed by atoms with E-state index in [4.69, 9.17) is 0 Å². The van der Waals surface area contributed by atoms with Crippen molar-refractivity contribution >= 4 is 11.8 Å². The molecule has 2 N–H and O–H groups in total. The fraction of sp³-hybridized carbons (Fsp3) is 0.450. The number of carbonyl (C=O) groups is 2. The zero-order chi connectivity index (χ0) is 18.6. The lowest BCUT2D eigenvalue weighted by atomic mass is 10.1. The second-order valence-electron chi connectivity index (χ2n) is 7.24. The van der Waals surface area contributed by atoms with Crippen LogP contribution in [-0.4, -0.2) is 52.2 Å². The summed E-state index contributed by atoms with van der Waals surface area (Å²) in [6.07, 6.45) is 4.65. The van der Waals surface area contributed by atoms with E-state index in [1.807, 2.05) is 41.2 Å². The molecule has 2 amide bonds. The molecule has 1 aromatic carbocycles. The van der Waals surface area contributed by atoms with Gasteiger partial charge in [-0.25, -0.2) is 0 Å². The van der Waals surface area contributed by atoms with Crippen molar-refractivity contribution in [3.63, 3.8) is 0 Å². The van der Waals surface area contributed by atoms with E-state index >= 15 is 0 Å². The van der Waals surface area contributed by atoms with Gasteiger partial charge in [0.05, 0.1) is 6.04 Å². The minimum Gasteiger partial charge on any atom is -0.339 e. The molecular formula is C20H25N5O2. The summed E-state index contributed by atoms with van der Waals surface area (Å²) in [6, 6.07) is 11.4. The second-order valence-corrected chi connectivity index (χ2v) is 7.24. The predicted molar refractivity (Wildman–Crippen MR) is 101 cm³/mol. The third kappa shape index (κ3) is 4.03. The number of benzene rings is 1. The summed E-state index contributed by atoms with van der Waals surface area (Å²) in [6.45, 7) is 3.14. The van der Waals surface area contributed by atoms with Crippen molar-refractivity contribution in [2.24, 2.45) is 0 Å². The highest BCUT2D eigenvalue weighted by Crippen LogP contribution is 2.17. The van der Waals surface area contributed by atoms with Gasteiger partial charge in [-0.1, -0.05) is 30.3 Å². The number of aromatic nitrogens is 2. The number of amides is 2. The summed E-state index contributed by atoms with van der Waals surface area (Å²) in [5, 5.41) is 10.6. The summed E-state index contributed by atoms with van der Waals surface area (Å²) in [7, 11) is 0. The van der Waals surface area contributed by atoms with Crippen LogP contribution >= 0.6 is 0 Å². The highest BCUT2D eigenvalue weighted by Gasteiger charge is 2.33. The van der Waals surface area contributed by atoms with Gasteiger partial charge in [0.1, 0.15) is 11.7 Å². The van der Waals surface area contributed by atoms with E-state index in [1.54, 1.807) is 11.0 Å². The zero-order valence-electron chi connectivity index (χ0n) is 15.3. The molecule has 2 aliphatic rings. The lowest BCUT2D eigenvalue weighted by Crippen LogP contribution is -2.41. The van der Waals surface area contributed by atoms with Gasteiger partial charge in [-0.05, 0) is 37.4 Å². The van der Waals surface area contributed by atoms with Crippen molar-refractivity contribution < 1.29 is 9.59 Å². The Morgan fingerprint density at radius 2 is 2.07 bits per heavy atom. The molecular weight excluding hydrogens is 342 g/mol. The summed E-state index contributed by atoms with van der Waals surface area (Å²) in [5.74, 6) is -0.305. The monoisotopic (exact) mass is 367 g/mol. The van der Waals surface area contributed by atoms with Crippen molar-refractivity contribution in [2.45, 2.75) is 37.9 Å². The molecule has 0 saturated carbocycles. The smallest absolute Gasteiger partial charge is 0.272 e. The van der Waals surface area contributed by atoms with Gasteiger partial charge in [0.15, 0.2) is 0 Å². The van der Waals surface area contributed by atoms with Crippen LogP contribution in [-0.2, 0) is 11.3 Å². The molecule has 2 aromatic rings. The normalized spacial score (nSPS) is 22.8. The van der Waals surface area contributed by atoms with Crippen LogP contribution in [0.25, 0.3) is 0 Å². The second kappa shape index (κ2) is 7.92. The number of nitrogens with zero attached hydrogens (tertiary/aromatic N) is 3. The van der Waals surface area contributed by atoms with Gasteiger partial charge in [-0.2, -0.15) is 5.10 Å². The summed E-state index contributed by atoms with van der Waals surface area (Å²) in [4.78, 5) is 26.9. The molecule has 2 unspecified atom stereocenters. The Morgan fingerprint density at radius 3 is 2.85 bits per heavy atom. The molecule has 2 atom stereocenters. The van der Waals surface area contributed by atoms with Crippen LogP contribution in [0.5, 0.6) is 0 Å². The molecule has 2 fully saturated rings. The molecule has 1 aromatic heterocycles. The largest absolute Gasteiger partial charge is 0.339 e. The van der Waals surface area contributed by atoms with Crippen molar-refractivity contribution in [1.82, 2.24) is 25.3 Å². The lowest BCUT2D eigenvalue weighted by Gasteiger charge is -2.22. The first-order valence-electron chi connectivity index (χ1n) is 9.60. The molecule has 0 bridgehead atoms. The highest BCUT2D eigenvalue weighted by molar-refractivity contribution is 5.96. The molecule has 0 aliphatic carbocycles. The summed E-state index contributed by atoms with van der Waals surface area (Å²) >= 11 is 0. The average Bonchev–Trinajstić information content (AvgIpc) is 3.33. The van der Waals surface area contributed by atoms with Crippen molar-refractivity contribution in [3.8, 4) is 0 Å².